The van der Waals surface area contributed by atoms with Crippen LogP contribution in [0.25, 0.3) is 0 Å². The molecular formula is C27H28Cl2N4O4. The predicted octanol–water partition coefficient (Wildman–Crippen LogP) is 4.27. The van der Waals surface area contributed by atoms with Crippen molar-refractivity contribution in [3.05, 3.63) is 88.0 Å². The molecule has 2 aromatic carbocycles. The molecule has 0 bridgehead atoms. The van der Waals surface area contributed by atoms with Crippen LogP contribution in [-0.2, 0) is 16.1 Å². The Hall–Kier alpha value is -3.17. The predicted molar refractivity (Wildman–Crippen MR) is 142 cm³/mol. The number of para-hydroxylation sites is 1. The minimum absolute atomic E-state index is 0.0125. The average molecular weight is 543 g/mol. The number of pyridine rings is 1. The number of nitrogens with zero attached hydrogens (tertiary/aromatic N) is 3. The molecule has 8 nitrogen and oxygen atoms in total. The van der Waals surface area contributed by atoms with Crippen molar-refractivity contribution < 1.29 is 19.1 Å². The summed E-state index contributed by atoms with van der Waals surface area (Å²) in [5.74, 6) is -0.516. The molecule has 2 heterocycles. The lowest BCUT2D eigenvalue weighted by molar-refractivity contribution is -0.136. The normalized spacial score (nSPS) is 14.7. The fourth-order valence-electron chi connectivity index (χ4n) is 3.85. The summed E-state index contributed by atoms with van der Waals surface area (Å²) in [6, 6.07) is 16.9. The van der Waals surface area contributed by atoms with Gasteiger partial charge in [0.25, 0.3) is 5.91 Å². The second-order valence-electron chi connectivity index (χ2n) is 8.66. The number of rotatable bonds is 9. The zero-order valence-electron chi connectivity index (χ0n) is 20.4. The van der Waals surface area contributed by atoms with Crippen molar-refractivity contribution in [2.24, 2.45) is 0 Å². The third-order valence-corrected chi connectivity index (χ3v) is 6.54. The number of carbonyl (C=O) groups excluding carboxylic acids is 2. The number of aromatic nitrogens is 1. The first kappa shape index (κ1) is 26.9. The highest BCUT2D eigenvalue weighted by atomic mass is 35.5. The maximum Gasteiger partial charge on any atom is 0.257 e. The summed E-state index contributed by atoms with van der Waals surface area (Å²) in [4.78, 5) is 34.9. The monoisotopic (exact) mass is 542 g/mol. The van der Waals surface area contributed by atoms with E-state index in [0.717, 1.165) is 18.7 Å². The van der Waals surface area contributed by atoms with Gasteiger partial charge in [-0.25, -0.2) is 4.98 Å². The molecule has 1 atom stereocenters. The van der Waals surface area contributed by atoms with Crippen LogP contribution in [0.5, 0.6) is 11.6 Å². The molecule has 0 saturated carbocycles. The number of halogens is 2. The Morgan fingerprint density at radius 2 is 1.68 bits per heavy atom. The van der Waals surface area contributed by atoms with Gasteiger partial charge in [-0.15, -0.1) is 0 Å². The first-order valence-corrected chi connectivity index (χ1v) is 12.6. The lowest BCUT2D eigenvalue weighted by atomic mass is 10.2. The molecule has 3 aromatic rings. The smallest absolute Gasteiger partial charge is 0.257 e. The van der Waals surface area contributed by atoms with Crippen LogP contribution in [0.4, 0.5) is 0 Å². The van der Waals surface area contributed by atoms with Crippen LogP contribution in [0.2, 0.25) is 10.0 Å². The molecule has 1 saturated heterocycles. The Morgan fingerprint density at radius 3 is 2.38 bits per heavy atom. The van der Waals surface area contributed by atoms with E-state index in [1.165, 1.54) is 6.20 Å². The van der Waals surface area contributed by atoms with Crippen LogP contribution in [0.1, 0.15) is 15.9 Å². The van der Waals surface area contributed by atoms with Crippen molar-refractivity contribution in [1.29, 1.82) is 0 Å². The van der Waals surface area contributed by atoms with E-state index in [2.05, 4.69) is 15.2 Å². The molecule has 4 rings (SSSR count). The molecule has 0 aliphatic carbocycles. The van der Waals surface area contributed by atoms with E-state index in [-0.39, 0.29) is 39.8 Å². The highest BCUT2D eigenvalue weighted by molar-refractivity contribution is 6.37. The topological polar surface area (TPSA) is 84.0 Å². The van der Waals surface area contributed by atoms with Crippen LogP contribution in [0, 0.1) is 0 Å². The van der Waals surface area contributed by atoms with Gasteiger partial charge in [-0.2, -0.15) is 0 Å². The van der Waals surface area contributed by atoms with Crippen molar-refractivity contribution in [3.63, 3.8) is 0 Å². The quantitative estimate of drug-likeness (QED) is 0.434. The number of benzene rings is 2. The molecule has 2 amide bonds. The zero-order chi connectivity index (χ0) is 26.2. The van der Waals surface area contributed by atoms with Gasteiger partial charge in [-0.05, 0) is 36.9 Å². The van der Waals surface area contributed by atoms with Crippen LogP contribution >= 0.6 is 23.2 Å². The largest absolute Gasteiger partial charge is 0.435 e. The highest BCUT2D eigenvalue weighted by Gasteiger charge is 2.29. The van der Waals surface area contributed by atoms with Gasteiger partial charge >= 0.3 is 0 Å². The van der Waals surface area contributed by atoms with Gasteiger partial charge in [0.1, 0.15) is 11.6 Å². The van der Waals surface area contributed by atoms with Crippen LogP contribution in [-0.4, -0.2) is 72.5 Å². The molecule has 194 valence electrons. The number of likely N-dealkylation sites (N-methyl/N-ethyl adjacent to an activating group) is 1. The summed E-state index contributed by atoms with van der Waals surface area (Å²) in [7, 11) is 2.01. The molecule has 1 aromatic heterocycles. The standard InChI is InChI=1S/C27H28Cl2N4O4/c1-32-13-15-33(16-14-32)27(35)23(18-36-17-19-7-3-2-4-8-19)31-25(34)20-9-6-12-30-26(20)37-24-21(28)10-5-11-22(24)29/h2-12,23H,13-18H2,1H3,(H,31,34)/t23-/m1/s1. The van der Waals surface area contributed by atoms with E-state index in [9.17, 15) is 9.59 Å². The minimum atomic E-state index is -0.892. The second kappa shape index (κ2) is 12.9. The number of amides is 2. The van der Waals surface area contributed by atoms with E-state index in [1.807, 2.05) is 37.4 Å². The molecule has 0 radical (unpaired) electrons. The van der Waals surface area contributed by atoms with Crippen molar-refractivity contribution in [2.75, 3.05) is 39.8 Å². The van der Waals surface area contributed by atoms with Crippen molar-refractivity contribution >= 4 is 35.0 Å². The van der Waals surface area contributed by atoms with E-state index < -0.39 is 11.9 Å². The Balaban J connectivity index is 1.51. The van der Waals surface area contributed by atoms with Gasteiger partial charge in [-0.1, -0.05) is 59.6 Å². The Kier molecular flexibility index (Phi) is 9.35. The first-order chi connectivity index (χ1) is 17.9. The van der Waals surface area contributed by atoms with E-state index in [4.69, 9.17) is 32.7 Å². The minimum Gasteiger partial charge on any atom is -0.435 e. The summed E-state index contributed by atoms with van der Waals surface area (Å²) in [6.07, 6.45) is 1.49. The fraction of sp³-hybridized carbons (Fsp3) is 0.296. The number of nitrogens with one attached hydrogen (secondary N) is 1. The van der Waals surface area contributed by atoms with Crippen molar-refractivity contribution in [1.82, 2.24) is 20.1 Å². The molecule has 0 spiro atoms. The summed E-state index contributed by atoms with van der Waals surface area (Å²) < 4.78 is 11.7. The summed E-state index contributed by atoms with van der Waals surface area (Å²) in [5.41, 5.74) is 1.11. The summed E-state index contributed by atoms with van der Waals surface area (Å²) in [5, 5.41) is 3.39. The number of piperazine rings is 1. The molecule has 1 aliphatic heterocycles. The third kappa shape index (κ3) is 7.20. The van der Waals surface area contributed by atoms with Crippen LogP contribution in [0.3, 0.4) is 0 Å². The van der Waals surface area contributed by atoms with Crippen molar-refractivity contribution in [3.8, 4) is 11.6 Å². The number of hydrogen-bond acceptors (Lipinski definition) is 6. The number of hydrogen-bond donors (Lipinski definition) is 1. The Morgan fingerprint density at radius 1 is 0.973 bits per heavy atom. The molecule has 0 unspecified atom stereocenters. The molecule has 1 N–H and O–H groups in total. The summed E-state index contributed by atoms with van der Waals surface area (Å²) >= 11 is 12.5. The number of ether oxygens (including phenoxy) is 2. The van der Waals surface area contributed by atoms with Crippen molar-refractivity contribution in [2.45, 2.75) is 12.6 Å². The third-order valence-electron chi connectivity index (χ3n) is 5.95. The zero-order valence-corrected chi connectivity index (χ0v) is 21.9. The first-order valence-electron chi connectivity index (χ1n) is 11.9. The molecule has 37 heavy (non-hydrogen) atoms. The Labute approximate surface area is 226 Å². The van der Waals surface area contributed by atoms with Gasteiger partial charge < -0.3 is 24.6 Å². The van der Waals surface area contributed by atoms with Crippen LogP contribution in [0.15, 0.2) is 66.9 Å². The highest BCUT2D eigenvalue weighted by Crippen LogP contribution is 2.36. The molecule has 1 fully saturated rings. The van der Waals surface area contributed by atoms with Gasteiger partial charge in [-0.3, -0.25) is 9.59 Å². The lowest BCUT2D eigenvalue weighted by Crippen LogP contribution is -2.55. The van der Waals surface area contributed by atoms with E-state index >= 15 is 0 Å². The average Bonchev–Trinajstić information content (AvgIpc) is 2.91. The molecule has 1 aliphatic rings. The molecular weight excluding hydrogens is 515 g/mol. The van der Waals surface area contributed by atoms with Gasteiger partial charge in [0.15, 0.2) is 5.75 Å². The van der Waals surface area contributed by atoms with Gasteiger partial charge in [0, 0.05) is 32.4 Å². The fourth-order valence-corrected chi connectivity index (χ4v) is 4.32. The van der Waals surface area contributed by atoms with Gasteiger partial charge in [0.2, 0.25) is 11.8 Å². The lowest BCUT2D eigenvalue weighted by Gasteiger charge is -2.34. The van der Waals surface area contributed by atoms with E-state index in [0.29, 0.717) is 19.7 Å². The maximum atomic E-state index is 13.4. The Bertz CT molecular complexity index is 1200. The molecule has 10 heteroatoms. The van der Waals surface area contributed by atoms with E-state index in [1.54, 1.807) is 35.2 Å². The second-order valence-corrected chi connectivity index (χ2v) is 9.48. The SMILES string of the molecule is CN1CCN(C(=O)[C@@H](COCc2ccccc2)NC(=O)c2cccnc2Oc2c(Cl)cccc2Cl)CC1. The van der Waals surface area contributed by atoms with Crippen LogP contribution < -0.4 is 10.1 Å². The number of carbonyl (C=O) groups is 2. The maximum absolute atomic E-state index is 13.4. The summed E-state index contributed by atoms with van der Waals surface area (Å²) in [6.45, 7) is 3.00. The van der Waals surface area contributed by atoms with Gasteiger partial charge in [0.05, 0.1) is 23.3 Å².